The first-order chi connectivity index (χ1) is 13.7. The summed E-state index contributed by atoms with van der Waals surface area (Å²) >= 11 is 1.77. The van der Waals surface area contributed by atoms with E-state index in [0.717, 1.165) is 38.9 Å². The number of aryl methyl sites for hydroxylation is 1. The average Bonchev–Trinajstić information content (AvgIpc) is 3.19. The Morgan fingerprint density at radius 1 is 1.18 bits per heavy atom. The maximum atomic E-state index is 12.9. The van der Waals surface area contributed by atoms with Crippen molar-refractivity contribution in [2.24, 2.45) is 0 Å². The average molecular weight is 398 g/mol. The van der Waals surface area contributed by atoms with Crippen LogP contribution in [0.3, 0.4) is 0 Å². The molecular formula is C22H27N3O2S. The summed E-state index contributed by atoms with van der Waals surface area (Å²) in [5.41, 5.74) is 2.58. The Hall–Kier alpha value is -2.18. The van der Waals surface area contributed by atoms with E-state index in [0.29, 0.717) is 13.1 Å². The fourth-order valence-electron chi connectivity index (χ4n) is 4.14. The first-order valence-electron chi connectivity index (χ1n) is 10.1. The summed E-state index contributed by atoms with van der Waals surface area (Å²) < 4.78 is 0. The molecule has 28 heavy (non-hydrogen) atoms. The molecule has 0 radical (unpaired) electrons. The highest BCUT2D eigenvalue weighted by Gasteiger charge is 2.33. The second kappa shape index (κ2) is 8.88. The van der Waals surface area contributed by atoms with Crippen LogP contribution in [0, 0.1) is 0 Å². The lowest BCUT2D eigenvalue weighted by molar-refractivity contribution is -0.139. The van der Waals surface area contributed by atoms with Crippen molar-refractivity contribution in [3.8, 4) is 0 Å². The number of carbonyl (C=O) groups is 2. The van der Waals surface area contributed by atoms with Crippen molar-refractivity contribution in [3.05, 3.63) is 57.8 Å². The van der Waals surface area contributed by atoms with Crippen LogP contribution in [-0.2, 0) is 29.0 Å². The zero-order valence-electron chi connectivity index (χ0n) is 16.1. The third kappa shape index (κ3) is 4.45. The molecule has 0 spiro atoms. The number of amides is 2. The number of nitrogens with one attached hydrogen (secondary N) is 1. The summed E-state index contributed by atoms with van der Waals surface area (Å²) in [6.07, 6.45) is 3.18. The number of hydrogen-bond donors (Lipinski definition) is 1. The van der Waals surface area contributed by atoms with Gasteiger partial charge in [-0.1, -0.05) is 30.3 Å². The molecule has 1 fully saturated rings. The molecule has 0 aliphatic carbocycles. The van der Waals surface area contributed by atoms with E-state index >= 15 is 0 Å². The highest BCUT2D eigenvalue weighted by atomic mass is 32.1. The number of rotatable bonds is 6. The van der Waals surface area contributed by atoms with Crippen LogP contribution in [0.2, 0.25) is 0 Å². The maximum absolute atomic E-state index is 12.9. The predicted molar refractivity (Wildman–Crippen MR) is 111 cm³/mol. The van der Waals surface area contributed by atoms with Gasteiger partial charge in [-0.3, -0.25) is 14.5 Å². The predicted octanol–water partition coefficient (Wildman–Crippen LogP) is 2.46. The molecule has 1 aromatic carbocycles. The first kappa shape index (κ1) is 19.2. The van der Waals surface area contributed by atoms with Crippen LogP contribution in [0.1, 0.15) is 28.8 Å². The Labute approximate surface area is 170 Å². The van der Waals surface area contributed by atoms with Crippen LogP contribution in [0.4, 0.5) is 0 Å². The molecule has 2 aliphatic rings. The molecule has 0 unspecified atom stereocenters. The summed E-state index contributed by atoms with van der Waals surface area (Å²) in [5, 5.41) is 5.04. The molecule has 2 aromatic rings. The number of carbonyl (C=O) groups excluding carboxylic acids is 2. The van der Waals surface area contributed by atoms with Gasteiger partial charge in [0.25, 0.3) is 0 Å². The number of benzene rings is 1. The Morgan fingerprint density at radius 2 is 2.04 bits per heavy atom. The van der Waals surface area contributed by atoms with Gasteiger partial charge in [0.1, 0.15) is 0 Å². The molecule has 0 saturated carbocycles. The van der Waals surface area contributed by atoms with Crippen molar-refractivity contribution in [3.63, 3.8) is 0 Å². The minimum absolute atomic E-state index is 0.00690. The van der Waals surface area contributed by atoms with E-state index in [2.05, 4.69) is 45.9 Å². The molecule has 1 aromatic heterocycles. The van der Waals surface area contributed by atoms with Gasteiger partial charge < -0.3 is 10.2 Å². The molecule has 3 heterocycles. The van der Waals surface area contributed by atoms with E-state index in [9.17, 15) is 9.59 Å². The van der Waals surface area contributed by atoms with E-state index in [-0.39, 0.29) is 24.3 Å². The van der Waals surface area contributed by atoms with Gasteiger partial charge in [-0.25, -0.2) is 0 Å². The summed E-state index contributed by atoms with van der Waals surface area (Å²) in [7, 11) is 0. The van der Waals surface area contributed by atoms with Crippen LogP contribution in [0.25, 0.3) is 0 Å². The largest absolute Gasteiger partial charge is 0.353 e. The number of fused-ring (bicyclic) bond motifs is 1. The summed E-state index contributed by atoms with van der Waals surface area (Å²) in [4.78, 5) is 30.9. The molecule has 4 rings (SSSR count). The van der Waals surface area contributed by atoms with Gasteiger partial charge in [0, 0.05) is 31.1 Å². The van der Waals surface area contributed by atoms with Gasteiger partial charge in [0.15, 0.2) is 0 Å². The lowest BCUT2D eigenvalue weighted by Gasteiger charge is -2.36. The Bertz CT molecular complexity index is 820. The molecular weight excluding hydrogens is 370 g/mol. The smallest absolute Gasteiger partial charge is 0.237 e. The molecule has 1 saturated heterocycles. The second-order valence-corrected chi connectivity index (χ2v) is 8.57. The fourth-order valence-corrected chi connectivity index (χ4v) is 5.03. The van der Waals surface area contributed by atoms with Gasteiger partial charge in [0.05, 0.1) is 12.5 Å². The Kier molecular flexibility index (Phi) is 6.07. The topological polar surface area (TPSA) is 52.7 Å². The molecule has 2 aliphatic heterocycles. The van der Waals surface area contributed by atoms with E-state index in [1.807, 2.05) is 11.0 Å². The normalized spacial score (nSPS) is 19.9. The third-order valence-corrected chi connectivity index (χ3v) is 6.75. The molecule has 1 atom stereocenters. The third-order valence-electron chi connectivity index (χ3n) is 5.72. The molecule has 5 nitrogen and oxygen atoms in total. The maximum Gasteiger partial charge on any atom is 0.237 e. The minimum Gasteiger partial charge on any atom is -0.353 e. The number of thiophene rings is 1. The highest BCUT2D eigenvalue weighted by Crippen LogP contribution is 2.25. The second-order valence-electron chi connectivity index (χ2n) is 7.57. The van der Waals surface area contributed by atoms with E-state index in [1.54, 1.807) is 11.3 Å². The first-order valence-corrected chi connectivity index (χ1v) is 11.0. The van der Waals surface area contributed by atoms with Crippen LogP contribution >= 0.6 is 11.3 Å². The van der Waals surface area contributed by atoms with Crippen LogP contribution < -0.4 is 5.32 Å². The van der Waals surface area contributed by atoms with E-state index < -0.39 is 0 Å². The standard InChI is InChI=1S/C22H27N3O2S/c26-21(25-12-8-20-18(16-25)9-14-28-20)15-19-22(27)23-10-13-24(19)11-4-7-17-5-2-1-3-6-17/h1-3,5-6,9,14,19H,4,7-8,10-13,15-16H2,(H,23,27)/t19-/m0/s1. The highest BCUT2D eigenvalue weighted by molar-refractivity contribution is 7.10. The minimum atomic E-state index is -0.346. The van der Waals surface area contributed by atoms with E-state index in [1.165, 1.54) is 16.0 Å². The van der Waals surface area contributed by atoms with Gasteiger partial charge in [0.2, 0.25) is 11.8 Å². The van der Waals surface area contributed by atoms with Crippen LogP contribution in [-0.4, -0.2) is 53.8 Å². The van der Waals surface area contributed by atoms with Crippen molar-refractivity contribution < 1.29 is 9.59 Å². The molecule has 2 amide bonds. The number of nitrogens with zero attached hydrogens (tertiary/aromatic N) is 2. The van der Waals surface area contributed by atoms with Gasteiger partial charge >= 0.3 is 0 Å². The molecule has 0 bridgehead atoms. The van der Waals surface area contributed by atoms with Gasteiger partial charge in [-0.2, -0.15) is 0 Å². The molecule has 6 heteroatoms. The van der Waals surface area contributed by atoms with Crippen molar-refractivity contribution in [2.45, 2.75) is 38.3 Å². The van der Waals surface area contributed by atoms with Crippen LogP contribution in [0.15, 0.2) is 41.8 Å². The Balaban J connectivity index is 1.34. The van der Waals surface area contributed by atoms with Crippen molar-refractivity contribution in [2.75, 3.05) is 26.2 Å². The number of hydrogen-bond acceptors (Lipinski definition) is 4. The summed E-state index contributed by atoms with van der Waals surface area (Å²) in [6.45, 7) is 3.76. The zero-order valence-corrected chi connectivity index (χ0v) is 16.9. The molecule has 148 valence electrons. The van der Waals surface area contributed by atoms with Gasteiger partial charge in [-0.15, -0.1) is 11.3 Å². The quantitative estimate of drug-likeness (QED) is 0.815. The monoisotopic (exact) mass is 397 g/mol. The van der Waals surface area contributed by atoms with E-state index in [4.69, 9.17) is 0 Å². The summed E-state index contributed by atoms with van der Waals surface area (Å²) in [5.74, 6) is 0.0829. The van der Waals surface area contributed by atoms with Crippen LogP contribution in [0.5, 0.6) is 0 Å². The van der Waals surface area contributed by atoms with Crippen molar-refractivity contribution in [1.82, 2.24) is 15.1 Å². The lowest BCUT2D eigenvalue weighted by atomic mass is 10.0. The van der Waals surface area contributed by atoms with Crippen molar-refractivity contribution >= 4 is 23.2 Å². The molecule has 1 N–H and O–H groups in total. The summed E-state index contributed by atoms with van der Waals surface area (Å²) in [6, 6.07) is 12.2. The van der Waals surface area contributed by atoms with Crippen molar-refractivity contribution in [1.29, 1.82) is 0 Å². The SMILES string of the molecule is O=C1NCCN(CCCc2ccccc2)[C@H]1CC(=O)N1CCc2sccc2C1. The lowest BCUT2D eigenvalue weighted by Crippen LogP contribution is -2.57. The Morgan fingerprint density at radius 3 is 2.89 bits per heavy atom. The fraction of sp³-hybridized carbons (Fsp3) is 0.455. The van der Waals surface area contributed by atoms with Gasteiger partial charge in [-0.05, 0) is 48.4 Å². The number of piperazine rings is 1. The zero-order chi connectivity index (χ0) is 19.3.